The minimum Gasteiger partial charge on any atom is -0.473 e. The second-order valence-electron chi connectivity index (χ2n) is 11.1. The van der Waals surface area contributed by atoms with Crippen molar-refractivity contribution in [1.82, 2.24) is 20.1 Å². The number of aromatic nitrogens is 3. The zero-order chi connectivity index (χ0) is 29.1. The summed E-state index contributed by atoms with van der Waals surface area (Å²) in [5.74, 6) is -0.725. The first-order valence-corrected chi connectivity index (χ1v) is 14.3. The van der Waals surface area contributed by atoms with E-state index in [2.05, 4.69) is 49.9 Å². The number of anilines is 2. The number of pyridine rings is 1. The lowest BCUT2D eigenvalue weighted by atomic mass is 9.88. The number of aromatic amines is 1. The van der Waals surface area contributed by atoms with Gasteiger partial charge in [-0.3, -0.25) is 9.89 Å². The van der Waals surface area contributed by atoms with E-state index >= 15 is 0 Å². The van der Waals surface area contributed by atoms with Crippen LogP contribution in [-0.4, -0.2) is 65.4 Å². The Morgan fingerprint density at radius 3 is 2.57 bits per heavy atom. The summed E-state index contributed by atoms with van der Waals surface area (Å²) in [6.07, 6.45) is 3.92. The molecule has 3 N–H and O–H groups in total. The smallest absolute Gasteiger partial charge is 0.259 e. The summed E-state index contributed by atoms with van der Waals surface area (Å²) < 4.78 is 38.3. The number of nitrogens with zero attached hydrogens (tertiary/aromatic N) is 3. The van der Waals surface area contributed by atoms with Crippen LogP contribution in [0.4, 0.5) is 20.3 Å². The van der Waals surface area contributed by atoms with Gasteiger partial charge >= 0.3 is 0 Å². The molecule has 0 spiro atoms. The largest absolute Gasteiger partial charge is 0.473 e. The highest BCUT2D eigenvalue weighted by atomic mass is 19.1. The van der Waals surface area contributed by atoms with Gasteiger partial charge in [-0.15, -0.1) is 0 Å². The van der Waals surface area contributed by atoms with E-state index in [9.17, 15) is 13.6 Å². The van der Waals surface area contributed by atoms with Crippen LogP contribution < -0.4 is 15.4 Å². The summed E-state index contributed by atoms with van der Waals surface area (Å²) in [6.45, 7) is 3.42. The van der Waals surface area contributed by atoms with Crippen LogP contribution in [0.5, 0.6) is 5.88 Å². The third-order valence-electron chi connectivity index (χ3n) is 7.98. The zero-order valence-electron chi connectivity index (χ0n) is 23.5. The molecule has 0 unspecified atom stereocenters. The van der Waals surface area contributed by atoms with Crippen LogP contribution in [0.1, 0.15) is 53.1 Å². The van der Waals surface area contributed by atoms with Gasteiger partial charge in [0.2, 0.25) is 5.88 Å². The fraction of sp³-hybridized carbons (Fsp3) is 0.387. The molecule has 2 saturated heterocycles. The minimum absolute atomic E-state index is 0.0718. The first kappa shape index (κ1) is 28.0. The van der Waals surface area contributed by atoms with Crippen molar-refractivity contribution in [2.24, 2.45) is 0 Å². The molecule has 1 amide bonds. The Morgan fingerprint density at radius 2 is 1.81 bits per heavy atom. The average Bonchev–Trinajstić information content (AvgIpc) is 3.38. The Kier molecular flexibility index (Phi) is 8.29. The lowest BCUT2D eigenvalue weighted by Gasteiger charge is -2.30. The van der Waals surface area contributed by atoms with Crippen LogP contribution in [0.2, 0.25) is 0 Å². The molecule has 11 heteroatoms. The minimum atomic E-state index is -0.679. The van der Waals surface area contributed by atoms with Gasteiger partial charge in [0, 0.05) is 37.1 Å². The highest BCUT2D eigenvalue weighted by molar-refractivity contribution is 6.10. The van der Waals surface area contributed by atoms with Crippen molar-refractivity contribution in [2.45, 2.75) is 44.2 Å². The van der Waals surface area contributed by atoms with E-state index in [-0.39, 0.29) is 30.3 Å². The molecule has 4 aromatic rings. The predicted octanol–water partition coefficient (Wildman–Crippen LogP) is 5.47. The Labute approximate surface area is 242 Å². The maximum absolute atomic E-state index is 13.6. The molecule has 2 aliphatic rings. The van der Waals surface area contributed by atoms with Gasteiger partial charge in [0.1, 0.15) is 23.8 Å². The number of piperidine rings is 1. The Hall–Kier alpha value is -4.09. The number of carbonyl (C=O) groups excluding carboxylic acids is 1. The van der Waals surface area contributed by atoms with Gasteiger partial charge in [-0.2, -0.15) is 5.10 Å². The third kappa shape index (κ3) is 6.52. The van der Waals surface area contributed by atoms with Crippen molar-refractivity contribution in [3.63, 3.8) is 0 Å². The number of amides is 1. The third-order valence-corrected chi connectivity index (χ3v) is 7.98. The fourth-order valence-electron chi connectivity index (χ4n) is 5.61. The molecule has 42 heavy (non-hydrogen) atoms. The molecule has 0 radical (unpaired) electrons. The normalized spacial score (nSPS) is 16.9. The number of rotatable bonds is 8. The lowest BCUT2D eigenvalue weighted by molar-refractivity contribution is 0.0904. The molecular formula is C31H34F2N6O3. The standard InChI is InChI=1S/C31H34F2N6O3/c1-39-10-6-20(7-11-39)21-2-3-25(27(16-21)34-24-8-12-41-13-9-24)31(40)36-30-29-26(37-38-30)4-5-28(35-29)42-18-19-14-22(32)17-23(33)15-19/h2-5,14-17,20,24,34H,6-13,18H2,1H3,(H2,36,37,38,40). The number of carbonyl (C=O) groups is 1. The maximum atomic E-state index is 13.6. The zero-order valence-corrected chi connectivity index (χ0v) is 23.5. The summed E-state index contributed by atoms with van der Waals surface area (Å²) in [5, 5.41) is 13.7. The molecular weight excluding hydrogens is 542 g/mol. The number of nitrogens with one attached hydrogen (secondary N) is 3. The molecule has 0 atom stereocenters. The summed E-state index contributed by atoms with van der Waals surface area (Å²) in [4.78, 5) is 20.5. The summed E-state index contributed by atoms with van der Waals surface area (Å²) in [5.41, 5.74) is 3.91. The SMILES string of the molecule is CN1CCC(c2ccc(C(=O)Nc3n[nH]c4ccc(OCc5cc(F)cc(F)c5)nc34)c(NC3CCOCC3)c2)CC1. The van der Waals surface area contributed by atoms with Gasteiger partial charge in [0.15, 0.2) is 5.82 Å². The number of hydrogen-bond donors (Lipinski definition) is 3. The molecule has 2 aromatic heterocycles. The van der Waals surface area contributed by atoms with Gasteiger partial charge < -0.3 is 25.0 Å². The highest BCUT2D eigenvalue weighted by Crippen LogP contribution is 2.32. The van der Waals surface area contributed by atoms with Crippen LogP contribution in [0.15, 0.2) is 48.5 Å². The van der Waals surface area contributed by atoms with Gasteiger partial charge in [0.05, 0.1) is 11.1 Å². The number of hydrogen-bond acceptors (Lipinski definition) is 7. The second-order valence-corrected chi connectivity index (χ2v) is 11.1. The van der Waals surface area contributed by atoms with Crippen molar-refractivity contribution in [2.75, 3.05) is 44.0 Å². The van der Waals surface area contributed by atoms with Gasteiger partial charge in [-0.05, 0) is 93.2 Å². The van der Waals surface area contributed by atoms with E-state index < -0.39 is 11.6 Å². The number of H-pyrrole nitrogens is 1. The van der Waals surface area contributed by atoms with E-state index in [0.29, 0.717) is 41.3 Å². The molecule has 220 valence electrons. The van der Waals surface area contributed by atoms with Gasteiger partial charge in [-0.1, -0.05) is 6.07 Å². The highest BCUT2D eigenvalue weighted by Gasteiger charge is 2.23. The van der Waals surface area contributed by atoms with Crippen LogP contribution >= 0.6 is 0 Å². The monoisotopic (exact) mass is 576 g/mol. The molecule has 6 rings (SSSR count). The number of ether oxygens (including phenoxy) is 2. The topological polar surface area (TPSA) is 104 Å². The summed E-state index contributed by atoms with van der Waals surface area (Å²) >= 11 is 0. The quantitative estimate of drug-likeness (QED) is 0.256. The number of halogens is 2. The second kappa shape index (κ2) is 12.4. The predicted molar refractivity (Wildman–Crippen MR) is 156 cm³/mol. The van der Waals surface area contributed by atoms with Crippen molar-refractivity contribution < 1.29 is 23.0 Å². The average molecular weight is 577 g/mol. The van der Waals surface area contributed by atoms with Crippen LogP contribution in [-0.2, 0) is 11.3 Å². The van der Waals surface area contributed by atoms with Crippen LogP contribution in [0, 0.1) is 11.6 Å². The Bertz CT molecular complexity index is 1540. The first-order chi connectivity index (χ1) is 20.4. The summed E-state index contributed by atoms with van der Waals surface area (Å²) in [6, 6.07) is 12.9. The van der Waals surface area contributed by atoms with E-state index in [0.717, 1.165) is 50.5 Å². The van der Waals surface area contributed by atoms with Gasteiger partial charge in [-0.25, -0.2) is 13.8 Å². The van der Waals surface area contributed by atoms with E-state index in [4.69, 9.17) is 9.47 Å². The van der Waals surface area contributed by atoms with E-state index in [1.54, 1.807) is 12.1 Å². The molecule has 9 nitrogen and oxygen atoms in total. The molecule has 2 fully saturated rings. The van der Waals surface area contributed by atoms with E-state index in [1.807, 2.05) is 6.07 Å². The van der Waals surface area contributed by atoms with Crippen molar-refractivity contribution >= 4 is 28.4 Å². The van der Waals surface area contributed by atoms with Crippen LogP contribution in [0.3, 0.4) is 0 Å². The van der Waals surface area contributed by atoms with Crippen LogP contribution in [0.25, 0.3) is 11.0 Å². The van der Waals surface area contributed by atoms with Crippen molar-refractivity contribution in [3.8, 4) is 5.88 Å². The lowest BCUT2D eigenvalue weighted by Crippen LogP contribution is -2.30. The number of fused-ring (bicyclic) bond motifs is 1. The fourth-order valence-corrected chi connectivity index (χ4v) is 5.61. The molecule has 2 aromatic carbocycles. The van der Waals surface area contributed by atoms with Gasteiger partial charge in [0.25, 0.3) is 5.91 Å². The molecule has 0 bridgehead atoms. The molecule has 0 saturated carbocycles. The first-order valence-electron chi connectivity index (χ1n) is 14.3. The molecule has 4 heterocycles. The maximum Gasteiger partial charge on any atom is 0.259 e. The Balaban J connectivity index is 1.22. The van der Waals surface area contributed by atoms with E-state index in [1.165, 1.54) is 17.7 Å². The van der Waals surface area contributed by atoms with Crippen molar-refractivity contribution in [3.05, 3.63) is 76.9 Å². The Morgan fingerprint density at radius 1 is 1.05 bits per heavy atom. The molecule has 2 aliphatic heterocycles. The van der Waals surface area contributed by atoms with Crippen molar-refractivity contribution in [1.29, 1.82) is 0 Å². The number of benzene rings is 2. The number of likely N-dealkylation sites (tertiary alicyclic amines) is 1. The molecule has 0 aliphatic carbocycles. The summed E-state index contributed by atoms with van der Waals surface area (Å²) in [7, 11) is 2.15.